The summed E-state index contributed by atoms with van der Waals surface area (Å²) in [5, 5.41) is 0. The van der Waals surface area contributed by atoms with Crippen LogP contribution in [0, 0.1) is 0 Å². The Morgan fingerprint density at radius 2 is 1.62 bits per heavy atom. The van der Waals surface area contributed by atoms with Crippen molar-refractivity contribution in [1.29, 1.82) is 0 Å². The molecule has 0 amide bonds. The van der Waals surface area contributed by atoms with Crippen LogP contribution in [0.5, 0.6) is 0 Å². The van der Waals surface area contributed by atoms with Crippen LogP contribution in [0.15, 0.2) is 48.8 Å². The van der Waals surface area contributed by atoms with Crippen LogP contribution >= 0.6 is 0 Å². The van der Waals surface area contributed by atoms with Gasteiger partial charge < -0.3 is 4.74 Å². The lowest BCUT2D eigenvalue weighted by atomic mass is 10.00. The van der Waals surface area contributed by atoms with E-state index in [0.29, 0.717) is 0 Å². The Balaban J connectivity index is 2.29. The molecule has 1 aliphatic heterocycles. The van der Waals surface area contributed by atoms with Gasteiger partial charge in [-0.3, -0.25) is 4.98 Å². The Morgan fingerprint density at radius 1 is 1.00 bits per heavy atom. The summed E-state index contributed by atoms with van der Waals surface area (Å²) in [5.74, 6) is -1.24. The van der Waals surface area contributed by atoms with E-state index < -0.39 is 23.5 Å². The summed E-state index contributed by atoms with van der Waals surface area (Å²) in [7, 11) is 0. The number of fused-ring (bicyclic) bond motifs is 1. The van der Waals surface area contributed by atoms with Gasteiger partial charge in [-0.25, -0.2) is 4.79 Å². The first-order valence-corrected chi connectivity index (χ1v) is 6.02. The Bertz CT molecular complexity index is 736. The molecule has 1 aliphatic rings. The van der Waals surface area contributed by atoms with E-state index in [4.69, 9.17) is 4.74 Å². The van der Waals surface area contributed by atoms with Crippen LogP contribution in [0.4, 0.5) is 13.2 Å². The lowest BCUT2D eigenvalue weighted by molar-refractivity contribution is -0.0692. The van der Waals surface area contributed by atoms with Gasteiger partial charge in [0.15, 0.2) is 5.76 Å². The van der Waals surface area contributed by atoms with Crippen molar-refractivity contribution in [3.8, 4) is 0 Å². The van der Waals surface area contributed by atoms with Crippen LogP contribution < -0.4 is 0 Å². The van der Waals surface area contributed by atoms with Crippen molar-refractivity contribution in [2.75, 3.05) is 0 Å². The van der Waals surface area contributed by atoms with E-state index in [2.05, 4.69) is 4.98 Å². The van der Waals surface area contributed by atoms with Gasteiger partial charge in [0.2, 0.25) is 0 Å². The number of hydrogen-bond donors (Lipinski definition) is 0. The van der Waals surface area contributed by atoms with Gasteiger partial charge in [-0.05, 0) is 23.8 Å². The highest BCUT2D eigenvalue weighted by Crippen LogP contribution is 2.43. The minimum Gasteiger partial charge on any atom is -0.422 e. The molecular formula is C15H8F3NO2. The first-order chi connectivity index (χ1) is 9.98. The van der Waals surface area contributed by atoms with E-state index in [0.717, 1.165) is 0 Å². The summed E-state index contributed by atoms with van der Waals surface area (Å²) < 4.78 is 45.1. The lowest BCUT2D eigenvalue weighted by Gasteiger charge is -2.14. The zero-order chi connectivity index (χ0) is 15.0. The molecule has 0 atom stereocenters. The van der Waals surface area contributed by atoms with Crippen molar-refractivity contribution in [1.82, 2.24) is 4.98 Å². The summed E-state index contributed by atoms with van der Waals surface area (Å²) in [6, 6.07) is 8.45. The molecule has 1 aromatic heterocycles. The third-order valence-corrected chi connectivity index (χ3v) is 3.07. The number of nitrogens with zero attached hydrogens (tertiary/aromatic N) is 1. The Kier molecular flexibility index (Phi) is 3.01. The molecule has 106 valence electrons. The molecule has 3 nitrogen and oxygen atoms in total. The van der Waals surface area contributed by atoms with Crippen molar-refractivity contribution >= 4 is 17.3 Å². The van der Waals surface area contributed by atoms with Crippen molar-refractivity contribution in [2.45, 2.75) is 6.18 Å². The number of cyclic esters (lactones) is 1. The maximum atomic E-state index is 13.4. The summed E-state index contributed by atoms with van der Waals surface area (Å²) in [4.78, 5) is 15.4. The monoisotopic (exact) mass is 291 g/mol. The number of halogens is 3. The van der Waals surface area contributed by atoms with Gasteiger partial charge in [-0.15, -0.1) is 0 Å². The normalized spacial score (nSPS) is 16.4. The number of carbonyl (C=O) groups excluding carboxylic acids is 1. The highest BCUT2D eigenvalue weighted by molar-refractivity contribution is 6.08. The fourth-order valence-electron chi connectivity index (χ4n) is 2.19. The Labute approximate surface area is 117 Å². The summed E-state index contributed by atoms with van der Waals surface area (Å²) >= 11 is 0. The van der Waals surface area contributed by atoms with Crippen LogP contribution in [-0.2, 0) is 4.74 Å². The quantitative estimate of drug-likeness (QED) is 0.752. The van der Waals surface area contributed by atoms with E-state index in [-0.39, 0.29) is 16.7 Å². The topological polar surface area (TPSA) is 39.2 Å². The van der Waals surface area contributed by atoms with Gasteiger partial charge in [0, 0.05) is 18.0 Å². The molecule has 2 heterocycles. The molecule has 0 fully saturated rings. The van der Waals surface area contributed by atoms with Gasteiger partial charge in [-0.1, -0.05) is 18.2 Å². The highest BCUT2D eigenvalue weighted by atomic mass is 19.4. The van der Waals surface area contributed by atoms with E-state index in [1.807, 2.05) is 0 Å². The predicted octanol–water partition coefficient (Wildman–Crippen LogP) is 3.68. The third-order valence-electron chi connectivity index (χ3n) is 3.07. The number of esters is 1. The van der Waals surface area contributed by atoms with Gasteiger partial charge in [-0.2, -0.15) is 13.2 Å². The standard InChI is InChI=1S/C15H8F3NO2/c16-15(17,18)12(9-5-7-19-8-6-9)13-10-3-1-2-4-11(10)14(20)21-13/h1-8H. The van der Waals surface area contributed by atoms with Gasteiger partial charge in [0.05, 0.1) is 5.56 Å². The number of carbonyl (C=O) groups is 1. The molecule has 0 spiro atoms. The number of hydrogen-bond acceptors (Lipinski definition) is 3. The van der Waals surface area contributed by atoms with Crippen LogP contribution in [0.3, 0.4) is 0 Å². The smallest absolute Gasteiger partial charge is 0.420 e. The minimum absolute atomic E-state index is 0.1000. The van der Waals surface area contributed by atoms with Gasteiger partial charge in [0.1, 0.15) is 5.57 Å². The lowest BCUT2D eigenvalue weighted by Crippen LogP contribution is -2.13. The van der Waals surface area contributed by atoms with Gasteiger partial charge >= 0.3 is 12.1 Å². The van der Waals surface area contributed by atoms with Crippen molar-refractivity contribution in [2.24, 2.45) is 0 Å². The van der Waals surface area contributed by atoms with Crippen molar-refractivity contribution in [3.05, 3.63) is 65.5 Å². The molecule has 0 saturated carbocycles. The second-order valence-corrected chi connectivity index (χ2v) is 4.37. The Hall–Kier alpha value is -2.63. The van der Waals surface area contributed by atoms with E-state index in [1.165, 1.54) is 36.7 Å². The summed E-state index contributed by atoms with van der Waals surface area (Å²) in [5.41, 5.74) is -0.810. The molecule has 3 rings (SSSR count). The largest absolute Gasteiger partial charge is 0.422 e. The molecule has 6 heteroatoms. The van der Waals surface area contributed by atoms with E-state index >= 15 is 0 Å². The number of alkyl halides is 3. The minimum atomic E-state index is -4.66. The zero-order valence-corrected chi connectivity index (χ0v) is 10.5. The van der Waals surface area contributed by atoms with E-state index in [9.17, 15) is 18.0 Å². The average Bonchev–Trinajstić information content (AvgIpc) is 2.77. The summed E-state index contributed by atoms with van der Waals surface area (Å²) in [6.07, 6.45) is -2.15. The fraction of sp³-hybridized carbons (Fsp3) is 0.0667. The average molecular weight is 291 g/mol. The third kappa shape index (κ3) is 2.29. The van der Waals surface area contributed by atoms with Crippen molar-refractivity contribution < 1.29 is 22.7 Å². The molecule has 2 aromatic rings. The molecule has 0 N–H and O–H groups in total. The molecule has 0 bridgehead atoms. The molecule has 0 radical (unpaired) electrons. The van der Waals surface area contributed by atoms with Crippen LogP contribution in [0.1, 0.15) is 21.5 Å². The molecule has 0 saturated heterocycles. The van der Waals surface area contributed by atoms with E-state index in [1.54, 1.807) is 12.1 Å². The van der Waals surface area contributed by atoms with Crippen molar-refractivity contribution in [3.63, 3.8) is 0 Å². The highest BCUT2D eigenvalue weighted by Gasteiger charge is 2.42. The predicted molar refractivity (Wildman–Crippen MR) is 69.0 cm³/mol. The molecule has 0 aliphatic carbocycles. The maximum absolute atomic E-state index is 13.4. The van der Waals surface area contributed by atoms with Crippen LogP contribution in [-0.4, -0.2) is 17.1 Å². The number of allylic oxidation sites excluding steroid dienone is 1. The second kappa shape index (κ2) is 4.73. The SMILES string of the molecule is O=C1OC(=C(c2ccncc2)C(F)(F)F)c2ccccc21. The second-order valence-electron chi connectivity index (χ2n) is 4.37. The first-order valence-electron chi connectivity index (χ1n) is 6.02. The Morgan fingerprint density at radius 3 is 2.24 bits per heavy atom. The number of aromatic nitrogens is 1. The molecule has 1 aromatic carbocycles. The maximum Gasteiger partial charge on any atom is 0.420 e. The number of benzene rings is 1. The number of rotatable bonds is 1. The molecule has 0 unspecified atom stereocenters. The van der Waals surface area contributed by atoms with Gasteiger partial charge in [0.25, 0.3) is 0 Å². The number of ether oxygens (including phenoxy) is 1. The molecule has 21 heavy (non-hydrogen) atoms. The number of pyridine rings is 1. The molecular weight excluding hydrogens is 283 g/mol. The zero-order valence-electron chi connectivity index (χ0n) is 10.5. The fourth-order valence-corrected chi connectivity index (χ4v) is 2.19. The summed E-state index contributed by atoms with van der Waals surface area (Å²) in [6.45, 7) is 0. The van der Waals surface area contributed by atoms with Crippen LogP contribution in [0.25, 0.3) is 11.3 Å². The first kappa shape index (κ1) is 13.4. The van der Waals surface area contributed by atoms with Crippen LogP contribution in [0.2, 0.25) is 0 Å².